The Hall–Kier alpha value is 0.784. The summed E-state index contributed by atoms with van der Waals surface area (Å²) in [6.45, 7) is 0. The fourth-order valence-electron chi connectivity index (χ4n) is 2.46. The molecule has 0 aromatic rings. The summed E-state index contributed by atoms with van der Waals surface area (Å²) in [6.07, 6.45) is 19.3. The van der Waals surface area contributed by atoms with Crippen LogP contribution >= 0.6 is 0 Å². The zero-order valence-corrected chi connectivity index (χ0v) is 18.3. The summed E-state index contributed by atoms with van der Waals surface area (Å²) in [5.41, 5.74) is 0. The maximum absolute atomic E-state index is 2.99. The minimum Gasteiger partial charge on any atom is -0.273 e. The summed E-state index contributed by atoms with van der Waals surface area (Å²) in [4.78, 5) is 0. The second-order valence-corrected chi connectivity index (χ2v) is 9.49. The van der Waals surface area contributed by atoms with Crippen molar-refractivity contribution in [3.63, 3.8) is 0 Å². The zero-order valence-electron chi connectivity index (χ0n) is 11.9. The number of rotatable bonds is 0. The third-order valence-electron chi connectivity index (χ3n) is 3.59. The third kappa shape index (κ3) is 13.2. The van der Waals surface area contributed by atoms with Gasteiger partial charge in [0.25, 0.3) is 0 Å². The predicted molar refractivity (Wildman–Crippen MR) is 85.6 cm³/mol. The quantitative estimate of drug-likeness (QED) is 0.396. The van der Waals surface area contributed by atoms with Gasteiger partial charge in [0.2, 0.25) is 0 Å². The maximum Gasteiger partial charge on any atom is 0.0197 e. The number of hydrogen-bond donors (Lipinski definition) is 0. The molecule has 0 bridgehead atoms. The monoisotopic (exact) mass is 445 g/mol. The van der Waals surface area contributed by atoms with E-state index in [1.165, 1.54) is 12.8 Å². The fourth-order valence-corrected chi connectivity index (χ4v) is 6.00. The number of hydrogen-bond acceptors (Lipinski definition) is 0. The van der Waals surface area contributed by atoms with Gasteiger partial charge in [0.15, 0.2) is 0 Å². The smallest absolute Gasteiger partial charge is 0.0197 e. The van der Waals surface area contributed by atoms with Gasteiger partial charge in [-0.3, -0.25) is 6.08 Å². The minimum atomic E-state index is 0. The second kappa shape index (κ2) is 15.8. The van der Waals surface area contributed by atoms with E-state index in [2.05, 4.69) is 12.2 Å². The van der Waals surface area contributed by atoms with Crippen LogP contribution in [0.2, 0.25) is 24.2 Å². The zero-order chi connectivity index (χ0) is 12.0. The van der Waals surface area contributed by atoms with E-state index >= 15 is 0 Å². The van der Waals surface area contributed by atoms with E-state index in [0.29, 0.717) is 19.0 Å². The van der Waals surface area contributed by atoms with Crippen molar-refractivity contribution < 1.29 is 25.8 Å². The van der Waals surface area contributed by atoms with Crippen LogP contribution in [0.25, 0.3) is 0 Å². The molecule has 0 radical (unpaired) electrons. The van der Waals surface area contributed by atoms with Gasteiger partial charge in [-0.1, -0.05) is 62.7 Å². The Kier molecular flexibility index (Phi) is 16.5. The van der Waals surface area contributed by atoms with Crippen molar-refractivity contribution in [2.75, 3.05) is 0 Å². The van der Waals surface area contributed by atoms with Crippen LogP contribution in [0.3, 0.4) is 0 Å². The van der Waals surface area contributed by atoms with Crippen molar-refractivity contribution >= 4 is 19.0 Å². The molecule has 2 aliphatic heterocycles. The first-order chi connectivity index (χ1) is 8.50. The topological polar surface area (TPSA) is 0 Å². The summed E-state index contributed by atoms with van der Waals surface area (Å²) < 4.78 is 0. The van der Waals surface area contributed by atoms with Gasteiger partial charge in [-0.25, -0.2) is 12.2 Å². The summed E-state index contributed by atoms with van der Waals surface area (Å²) >= 11 is 0. The van der Waals surface area contributed by atoms with Gasteiger partial charge in [-0.2, -0.15) is 6.08 Å². The van der Waals surface area contributed by atoms with Crippen LogP contribution in [-0.4, -0.2) is 19.0 Å². The Morgan fingerprint density at radius 2 is 1.22 bits per heavy atom. The molecule has 102 valence electrons. The maximum atomic E-state index is 2.99. The molecule has 0 aromatic carbocycles. The van der Waals surface area contributed by atoms with Gasteiger partial charge in [-0.15, -0.1) is 6.42 Å². The average molecular weight is 444 g/mol. The Bertz CT molecular complexity index is 162. The van der Waals surface area contributed by atoms with Crippen molar-refractivity contribution in [1.82, 2.24) is 0 Å². The first-order valence-corrected chi connectivity index (χ1v) is 11.7. The first-order valence-electron chi connectivity index (χ1n) is 7.72. The van der Waals surface area contributed by atoms with Crippen molar-refractivity contribution in [2.24, 2.45) is 0 Å². The number of allylic oxidation sites excluding steroid dienone is 4. The van der Waals surface area contributed by atoms with Crippen LogP contribution in [0, 0.1) is 6.08 Å². The molecule has 2 heterocycles. The van der Waals surface area contributed by atoms with Gasteiger partial charge in [-0.05, 0) is 0 Å². The molecule has 0 N–H and O–H groups in total. The van der Waals surface area contributed by atoms with Crippen LogP contribution in [0.4, 0.5) is 0 Å². The molecule has 0 atom stereocenters. The summed E-state index contributed by atoms with van der Waals surface area (Å²) in [5, 5.41) is 0. The van der Waals surface area contributed by atoms with Crippen molar-refractivity contribution in [3.8, 4) is 0 Å². The van der Waals surface area contributed by atoms with E-state index < -0.39 is 0 Å². The van der Waals surface area contributed by atoms with Gasteiger partial charge in [0.05, 0.1) is 0 Å². The van der Waals surface area contributed by atoms with E-state index in [1.54, 1.807) is 49.9 Å². The third-order valence-corrected chi connectivity index (χ3v) is 7.59. The molecule has 3 heteroatoms. The SMILES string of the molecule is C1CC[SiH2]CC1.C1CC[SiH2]CC1.[C-]1=CC=CC1.[Hf]. The summed E-state index contributed by atoms with van der Waals surface area (Å²) in [5.74, 6) is 0. The molecule has 0 unspecified atom stereocenters. The fraction of sp³-hybridized carbons (Fsp3) is 0.733. The van der Waals surface area contributed by atoms with Crippen molar-refractivity contribution in [3.05, 3.63) is 24.3 Å². The minimum absolute atomic E-state index is 0. The molecular formula is C15H29HfSi2-. The Morgan fingerprint density at radius 3 is 1.33 bits per heavy atom. The Balaban J connectivity index is 0.000000235. The van der Waals surface area contributed by atoms with Crippen molar-refractivity contribution in [1.29, 1.82) is 0 Å². The normalized spacial score (nSPS) is 20.9. The van der Waals surface area contributed by atoms with Gasteiger partial charge in [0, 0.05) is 44.9 Å². The molecular weight excluding hydrogens is 415 g/mol. The molecule has 2 fully saturated rings. The summed E-state index contributed by atoms with van der Waals surface area (Å²) in [7, 11) is 1.02. The molecule has 3 rings (SSSR count). The van der Waals surface area contributed by atoms with E-state index in [9.17, 15) is 0 Å². The van der Waals surface area contributed by atoms with Crippen LogP contribution in [0.1, 0.15) is 44.9 Å². The largest absolute Gasteiger partial charge is 0.273 e. The van der Waals surface area contributed by atoms with Crippen molar-refractivity contribution in [2.45, 2.75) is 69.1 Å². The van der Waals surface area contributed by atoms with Crippen LogP contribution in [0.15, 0.2) is 18.2 Å². The standard InChI is InChI=1S/2C5H12Si.C5H5.Hf/c2*1-2-4-6-5-3-1;1-2-4-5-3-1;/h2*1-6H2;1-3H,4H2;/q;;-1;. The van der Waals surface area contributed by atoms with Gasteiger partial charge >= 0.3 is 0 Å². The molecule has 0 aromatic heterocycles. The van der Waals surface area contributed by atoms with E-state index in [1.807, 2.05) is 12.2 Å². The Labute approximate surface area is 138 Å². The summed E-state index contributed by atoms with van der Waals surface area (Å²) in [6, 6.07) is 6.56. The Morgan fingerprint density at radius 1 is 0.722 bits per heavy atom. The van der Waals surface area contributed by atoms with E-state index in [0.717, 1.165) is 6.42 Å². The molecule has 3 aliphatic rings. The van der Waals surface area contributed by atoms with Crippen LogP contribution in [-0.2, 0) is 25.8 Å². The average Bonchev–Trinajstić information content (AvgIpc) is 3.03. The molecule has 2 saturated heterocycles. The van der Waals surface area contributed by atoms with Gasteiger partial charge in [0.1, 0.15) is 0 Å². The van der Waals surface area contributed by atoms with E-state index in [-0.39, 0.29) is 25.8 Å². The first kappa shape index (κ1) is 18.8. The predicted octanol–water partition coefficient (Wildman–Crippen LogP) is 3.65. The van der Waals surface area contributed by atoms with Crippen LogP contribution < -0.4 is 0 Å². The molecule has 0 saturated carbocycles. The van der Waals surface area contributed by atoms with Gasteiger partial charge < -0.3 is 0 Å². The second-order valence-electron chi connectivity index (χ2n) is 5.25. The molecule has 0 amide bonds. The molecule has 18 heavy (non-hydrogen) atoms. The molecule has 0 spiro atoms. The molecule has 1 aliphatic carbocycles. The van der Waals surface area contributed by atoms with Crippen LogP contribution in [0.5, 0.6) is 0 Å². The van der Waals surface area contributed by atoms with E-state index in [4.69, 9.17) is 0 Å². The molecule has 0 nitrogen and oxygen atoms in total.